The fourth-order valence-corrected chi connectivity index (χ4v) is 1.39. The van der Waals surface area contributed by atoms with Gasteiger partial charge in [0.25, 0.3) is 0 Å². The van der Waals surface area contributed by atoms with E-state index in [0.29, 0.717) is 11.3 Å². The lowest BCUT2D eigenvalue weighted by atomic mass is 10.1. The number of aromatic nitrogens is 1. The van der Waals surface area contributed by atoms with Gasteiger partial charge < -0.3 is 15.3 Å². The van der Waals surface area contributed by atoms with Gasteiger partial charge in [-0.25, -0.2) is 9.37 Å². The zero-order valence-corrected chi connectivity index (χ0v) is 9.57. The lowest BCUT2D eigenvalue weighted by Crippen LogP contribution is -2.15. The summed E-state index contributed by atoms with van der Waals surface area (Å²) in [6.45, 7) is 3.14. The van der Waals surface area contributed by atoms with Crippen LogP contribution in [0.5, 0.6) is 0 Å². The summed E-state index contributed by atoms with van der Waals surface area (Å²) in [4.78, 5) is 4.13. The smallest absolute Gasteiger partial charge is 0.226 e. The van der Waals surface area contributed by atoms with Crippen molar-refractivity contribution in [3.8, 4) is 11.3 Å². The van der Waals surface area contributed by atoms with E-state index >= 15 is 0 Å². The maximum absolute atomic E-state index is 13.0. The van der Waals surface area contributed by atoms with Gasteiger partial charge in [0.2, 0.25) is 5.89 Å². The van der Waals surface area contributed by atoms with Gasteiger partial charge in [-0.3, -0.25) is 0 Å². The van der Waals surface area contributed by atoms with Crippen molar-refractivity contribution < 1.29 is 13.9 Å². The van der Waals surface area contributed by atoms with Crippen LogP contribution in [0.2, 0.25) is 0 Å². The van der Waals surface area contributed by atoms with Gasteiger partial charge in [-0.1, -0.05) is 0 Å². The number of oxazole rings is 1. The molecular formula is C12H13FN2O2. The van der Waals surface area contributed by atoms with Crippen LogP contribution in [0.1, 0.15) is 19.7 Å². The molecule has 3 N–H and O–H groups in total. The summed E-state index contributed by atoms with van der Waals surface area (Å²) >= 11 is 0. The second-order valence-corrected chi connectivity index (χ2v) is 4.33. The van der Waals surface area contributed by atoms with Gasteiger partial charge in [0.15, 0.2) is 0 Å². The van der Waals surface area contributed by atoms with Crippen molar-refractivity contribution >= 4 is 5.69 Å². The van der Waals surface area contributed by atoms with E-state index in [2.05, 4.69) is 4.98 Å². The summed E-state index contributed by atoms with van der Waals surface area (Å²) in [5, 5.41) is 9.71. The van der Waals surface area contributed by atoms with Crippen molar-refractivity contribution in [2.24, 2.45) is 0 Å². The fourth-order valence-electron chi connectivity index (χ4n) is 1.39. The number of anilines is 1. The maximum Gasteiger partial charge on any atom is 0.226 e. The van der Waals surface area contributed by atoms with Gasteiger partial charge in [0, 0.05) is 5.56 Å². The molecule has 17 heavy (non-hydrogen) atoms. The van der Waals surface area contributed by atoms with E-state index < -0.39 is 11.4 Å². The van der Waals surface area contributed by atoms with Crippen LogP contribution in [0.4, 0.5) is 10.1 Å². The van der Waals surface area contributed by atoms with Gasteiger partial charge in [0.1, 0.15) is 23.4 Å². The number of benzene rings is 1. The third kappa shape index (κ3) is 2.29. The molecule has 1 heterocycles. The van der Waals surface area contributed by atoms with Gasteiger partial charge in [-0.2, -0.15) is 0 Å². The Morgan fingerprint density at radius 3 is 2.65 bits per heavy atom. The minimum atomic E-state index is -1.15. The molecule has 0 unspecified atom stereocenters. The van der Waals surface area contributed by atoms with Gasteiger partial charge in [-0.15, -0.1) is 0 Å². The number of nitrogens with zero attached hydrogens (tertiary/aromatic N) is 1. The Morgan fingerprint density at radius 1 is 1.41 bits per heavy atom. The highest BCUT2D eigenvalue weighted by Crippen LogP contribution is 2.26. The van der Waals surface area contributed by atoms with Crippen LogP contribution >= 0.6 is 0 Å². The first-order chi connectivity index (χ1) is 7.88. The van der Waals surface area contributed by atoms with Crippen LogP contribution in [-0.2, 0) is 5.60 Å². The Bertz CT molecular complexity index is 544. The second-order valence-electron chi connectivity index (χ2n) is 4.33. The summed E-state index contributed by atoms with van der Waals surface area (Å²) in [5.41, 5.74) is 5.52. The fraction of sp³-hybridized carbons (Fsp3) is 0.250. The molecule has 0 aliphatic heterocycles. The van der Waals surface area contributed by atoms with Crippen LogP contribution < -0.4 is 5.73 Å². The third-order valence-electron chi connectivity index (χ3n) is 2.32. The first-order valence-corrected chi connectivity index (χ1v) is 5.12. The first kappa shape index (κ1) is 11.6. The minimum Gasteiger partial charge on any atom is -0.445 e. The average molecular weight is 236 g/mol. The topological polar surface area (TPSA) is 72.3 Å². The SMILES string of the molecule is CC(C)(O)c1nc(-c2ccc(F)c(N)c2)co1. The lowest BCUT2D eigenvalue weighted by Gasteiger charge is -2.10. The van der Waals surface area contributed by atoms with E-state index in [-0.39, 0.29) is 11.6 Å². The Balaban J connectivity index is 2.40. The number of nitrogens with two attached hydrogens (primary N) is 1. The lowest BCUT2D eigenvalue weighted by molar-refractivity contribution is 0.0483. The third-order valence-corrected chi connectivity index (χ3v) is 2.32. The Kier molecular flexibility index (Phi) is 2.63. The van der Waals surface area contributed by atoms with Crippen LogP contribution in [0.15, 0.2) is 28.9 Å². The highest BCUT2D eigenvalue weighted by molar-refractivity contribution is 5.63. The molecular weight excluding hydrogens is 223 g/mol. The molecule has 0 spiro atoms. The molecule has 0 saturated carbocycles. The molecule has 2 aromatic rings. The van der Waals surface area contributed by atoms with E-state index in [1.54, 1.807) is 19.9 Å². The van der Waals surface area contributed by atoms with Crippen molar-refractivity contribution in [1.82, 2.24) is 4.98 Å². The van der Waals surface area contributed by atoms with Crippen LogP contribution in [0.3, 0.4) is 0 Å². The summed E-state index contributed by atoms with van der Waals surface area (Å²) in [5.74, 6) is -0.268. The molecule has 4 nitrogen and oxygen atoms in total. The Labute approximate surface area is 97.9 Å². The number of hydrogen-bond donors (Lipinski definition) is 2. The Hall–Kier alpha value is -1.88. The van der Waals surface area contributed by atoms with Gasteiger partial charge in [-0.05, 0) is 32.0 Å². The molecule has 0 aliphatic carbocycles. The predicted molar refractivity (Wildman–Crippen MR) is 61.6 cm³/mol. The molecule has 5 heteroatoms. The van der Waals surface area contributed by atoms with Gasteiger partial charge in [0.05, 0.1) is 5.69 Å². The van der Waals surface area contributed by atoms with E-state index in [4.69, 9.17) is 10.2 Å². The molecule has 0 aliphatic rings. The molecule has 1 aromatic heterocycles. The number of rotatable bonds is 2. The van der Waals surface area contributed by atoms with Crippen molar-refractivity contribution in [2.45, 2.75) is 19.4 Å². The van der Waals surface area contributed by atoms with Crippen LogP contribution in [0, 0.1) is 5.82 Å². The summed E-state index contributed by atoms with van der Waals surface area (Å²) in [6.07, 6.45) is 1.40. The predicted octanol–water partition coefficient (Wildman–Crippen LogP) is 2.29. The van der Waals surface area contributed by atoms with Crippen molar-refractivity contribution in [2.75, 3.05) is 5.73 Å². The quantitative estimate of drug-likeness (QED) is 0.785. The van der Waals surface area contributed by atoms with Crippen molar-refractivity contribution in [3.63, 3.8) is 0 Å². The molecule has 0 fully saturated rings. The zero-order chi connectivity index (χ0) is 12.6. The molecule has 90 valence electrons. The highest BCUT2D eigenvalue weighted by Gasteiger charge is 2.22. The number of halogens is 1. The van der Waals surface area contributed by atoms with Gasteiger partial charge >= 0.3 is 0 Å². The number of nitrogen functional groups attached to an aromatic ring is 1. The summed E-state index contributed by atoms with van der Waals surface area (Å²) < 4.78 is 18.2. The molecule has 0 bridgehead atoms. The van der Waals surface area contributed by atoms with Crippen LogP contribution in [0.25, 0.3) is 11.3 Å². The molecule has 0 amide bonds. The molecule has 0 radical (unpaired) electrons. The zero-order valence-electron chi connectivity index (χ0n) is 9.57. The molecule has 0 atom stereocenters. The largest absolute Gasteiger partial charge is 0.445 e. The molecule has 2 rings (SSSR count). The van der Waals surface area contributed by atoms with E-state index in [1.807, 2.05) is 0 Å². The van der Waals surface area contributed by atoms with Crippen molar-refractivity contribution in [3.05, 3.63) is 36.2 Å². The Morgan fingerprint density at radius 2 is 2.12 bits per heavy atom. The summed E-state index contributed by atoms with van der Waals surface area (Å²) in [7, 11) is 0. The van der Waals surface area contributed by atoms with Crippen LogP contribution in [-0.4, -0.2) is 10.1 Å². The maximum atomic E-state index is 13.0. The summed E-state index contributed by atoms with van der Waals surface area (Å²) in [6, 6.07) is 4.29. The number of aliphatic hydroxyl groups is 1. The van der Waals surface area contributed by atoms with E-state index in [0.717, 1.165) is 0 Å². The first-order valence-electron chi connectivity index (χ1n) is 5.12. The monoisotopic (exact) mass is 236 g/mol. The standard InChI is InChI=1S/C12H13FN2O2/c1-12(2,16)11-15-10(6-17-11)7-3-4-8(13)9(14)5-7/h3-6,16H,14H2,1-2H3. The highest BCUT2D eigenvalue weighted by atomic mass is 19.1. The van der Waals surface area contributed by atoms with Crippen molar-refractivity contribution in [1.29, 1.82) is 0 Å². The van der Waals surface area contributed by atoms with E-state index in [9.17, 15) is 9.50 Å². The minimum absolute atomic E-state index is 0.0512. The molecule has 0 saturated heterocycles. The van der Waals surface area contributed by atoms with E-state index in [1.165, 1.54) is 18.4 Å². The number of hydrogen-bond acceptors (Lipinski definition) is 4. The second kappa shape index (κ2) is 3.85. The normalized spacial score (nSPS) is 11.8. The molecule has 1 aromatic carbocycles. The average Bonchev–Trinajstić information content (AvgIpc) is 2.70.